The van der Waals surface area contributed by atoms with E-state index in [9.17, 15) is 0 Å². The summed E-state index contributed by atoms with van der Waals surface area (Å²) in [6.45, 7) is 2.23. The van der Waals surface area contributed by atoms with Gasteiger partial charge in [-0.05, 0) is 43.3 Å². The van der Waals surface area contributed by atoms with Gasteiger partial charge in [0, 0.05) is 28.8 Å². The lowest BCUT2D eigenvalue weighted by molar-refractivity contribution is 0.174. The molecule has 0 amide bonds. The first-order valence-corrected chi connectivity index (χ1v) is 12.3. The summed E-state index contributed by atoms with van der Waals surface area (Å²) >= 11 is 1.54. The molecule has 3 aromatic heterocycles. The zero-order valence-corrected chi connectivity index (χ0v) is 20.8. The van der Waals surface area contributed by atoms with Crippen LogP contribution in [0.5, 0.6) is 23.0 Å². The maximum atomic E-state index is 7.54. The topological polar surface area (TPSA) is 115 Å². The van der Waals surface area contributed by atoms with Crippen LogP contribution in [0.2, 0.25) is 0 Å². The highest BCUT2D eigenvalue weighted by molar-refractivity contribution is 7.13. The van der Waals surface area contributed by atoms with Gasteiger partial charge in [-0.1, -0.05) is 0 Å². The molecular formula is C27H22N4O5S. The molecule has 1 aliphatic heterocycles. The van der Waals surface area contributed by atoms with Gasteiger partial charge in [0.1, 0.15) is 40.2 Å². The second-order valence-corrected chi connectivity index (χ2v) is 9.21. The number of ether oxygens (including phenoxy) is 4. The Balaban J connectivity index is 1.24. The minimum Gasteiger partial charge on any atom is -0.496 e. The van der Waals surface area contributed by atoms with Crippen molar-refractivity contribution in [3.63, 3.8) is 0 Å². The molecule has 6 rings (SSSR count). The van der Waals surface area contributed by atoms with Crippen molar-refractivity contribution in [3.05, 3.63) is 65.6 Å². The minimum absolute atomic E-state index is 0.240. The third-order valence-corrected chi connectivity index (χ3v) is 6.65. The SMILES string of the molecule is COc1cc(OCc2csc(-c3ccc4c(c3)OCO4)n2)c2cc(-c3cnc(/C=C\C(C)=N)[nH]3)oc2c1. The molecule has 186 valence electrons. The quantitative estimate of drug-likeness (QED) is 0.233. The number of fused-ring (bicyclic) bond motifs is 2. The van der Waals surface area contributed by atoms with Gasteiger partial charge in [0.05, 0.1) is 24.4 Å². The van der Waals surface area contributed by atoms with E-state index in [4.69, 9.17) is 33.8 Å². The highest BCUT2D eigenvalue weighted by atomic mass is 32.1. The number of methoxy groups -OCH3 is 1. The molecule has 9 nitrogen and oxygen atoms in total. The summed E-state index contributed by atoms with van der Waals surface area (Å²) in [5.41, 5.74) is 3.57. The van der Waals surface area contributed by atoms with Crippen molar-refractivity contribution in [1.29, 1.82) is 5.41 Å². The van der Waals surface area contributed by atoms with Crippen molar-refractivity contribution < 1.29 is 23.4 Å². The van der Waals surface area contributed by atoms with Crippen molar-refractivity contribution in [2.45, 2.75) is 13.5 Å². The van der Waals surface area contributed by atoms with E-state index in [1.54, 1.807) is 43.7 Å². The van der Waals surface area contributed by atoms with Crippen LogP contribution in [0.4, 0.5) is 0 Å². The van der Waals surface area contributed by atoms with Gasteiger partial charge >= 0.3 is 0 Å². The first-order valence-electron chi connectivity index (χ1n) is 11.4. The number of hydrogen-bond acceptors (Lipinski definition) is 9. The van der Waals surface area contributed by atoms with E-state index >= 15 is 0 Å². The Labute approximate surface area is 215 Å². The van der Waals surface area contributed by atoms with E-state index in [-0.39, 0.29) is 13.4 Å². The lowest BCUT2D eigenvalue weighted by Crippen LogP contribution is -1.97. The second kappa shape index (κ2) is 9.47. The molecule has 10 heteroatoms. The fourth-order valence-corrected chi connectivity index (χ4v) is 4.69. The highest BCUT2D eigenvalue weighted by Crippen LogP contribution is 2.38. The summed E-state index contributed by atoms with van der Waals surface area (Å²) < 4.78 is 28.6. The van der Waals surface area contributed by atoms with Crippen LogP contribution in [0.1, 0.15) is 18.4 Å². The Morgan fingerprint density at radius 2 is 2.08 bits per heavy atom. The van der Waals surface area contributed by atoms with E-state index in [0.717, 1.165) is 38.8 Å². The molecule has 2 N–H and O–H groups in total. The van der Waals surface area contributed by atoms with Crippen LogP contribution in [0.3, 0.4) is 0 Å². The molecule has 0 saturated carbocycles. The highest BCUT2D eigenvalue weighted by Gasteiger charge is 2.17. The number of benzene rings is 2. The molecule has 5 aromatic rings. The summed E-state index contributed by atoms with van der Waals surface area (Å²) in [5, 5.41) is 11.2. The van der Waals surface area contributed by atoms with E-state index in [2.05, 4.69) is 9.97 Å². The van der Waals surface area contributed by atoms with Gasteiger partial charge in [-0.15, -0.1) is 11.3 Å². The normalized spacial score (nSPS) is 12.5. The van der Waals surface area contributed by atoms with Gasteiger partial charge in [-0.2, -0.15) is 0 Å². The molecule has 0 bridgehead atoms. The van der Waals surface area contributed by atoms with Crippen molar-refractivity contribution in [2.24, 2.45) is 0 Å². The Hall–Kier alpha value is -4.57. The third-order valence-electron chi connectivity index (χ3n) is 5.71. The maximum Gasteiger partial charge on any atom is 0.231 e. The van der Waals surface area contributed by atoms with Gasteiger partial charge < -0.3 is 33.8 Å². The smallest absolute Gasteiger partial charge is 0.231 e. The minimum atomic E-state index is 0.240. The molecule has 0 spiro atoms. The van der Waals surface area contributed by atoms with Gasteiger partial charge in [0.15, 0.2) is 17.3 Å². The first kappa shape index (κ1) is 22.9. The molecule has 1 aliphatic rings. The number of furan rings is 1. The summed E-state index contributed by atoms with van der Waals surface area (Å²) in [4.78, 5) is 12.3. The van der Waals surface area contributed by atoms with Crippen LogP contribution in [0.15, 0.2) is 58.5 Å². The Bertz CT molecular complexity index is 1650. The molecular weight excluding hydrogens is 492 g/mol. The van der Waals surface area contributed by atoms with Crippen molar-refractivity contribution in [3.8, 4) is 45.0 Å². The lowest BCUT2D eigenvalue weighted by atomic mass is 10.2. The van der Waals surface area contributed by atoms with E-state index in [1.165, 1.54) is 0 Å². The van der Waals surface area contributed by atoms with Crippen LogP contribution in [-0.2, 0) is 6.61 Å². The zero-order valence-electron chi connectivity index (χ0n) is 20.0. The Kier molecular flexibility index (Phi) is 5.85. The van der Waals surface area contributed by atoms with Gasteiger partial charge in [0.2, 0.25) is 6.79 Å². The first-order chi connectivity index (χ1) is 18.1. The average molecular weight is 515 g/mol. The molecule has 0 atom stereocenters. The summed E-state index contributed by atoms with van der Waals surface area (Å²) in [6.07, 6.45) is 5.12. The number of hydrogen-bond donors (Lipinski definition) is 2. The molecule has 0 radical (unpaired) electrons. The summed E-state index contributed by atoms with van der Waals surface area (Å²) in [6, 6.07) is 11.4. The van der Waals surface area contributed by atoms with E-state index < -0.39 is 0 Å². The standard InChI is InChI=1S/C27H22N4O5S/c1-15(28)3-6-26-29-11-20(31-26)24-10-19-22(8-18(32-2)9-23(19)36-24)33-12-17-13-37-27(30-17)16-4-5-21-25(7-16)35-14-34-21/h3-11,13,28H,12,14H2,1-2H3,(H,29,31)/b6-3-,28-15?. The average Bonchev–Trinajstić information content (AvgIpc) is 3.71. The molecule has 37 heavy (non-hydrogen) atoms. The number of thiazole rings is 1. The zero-order chi connectivity index (χ0) is 25.4. The maximum absolute atomic E-state index is 7.54. The fraction of sp³-hybridized carbons (Fsp3) is 0.148. The predicted octanol–water partition coefficient (Wildman–Crippen LogP) is 6.32. The van der Waals surface area contributed by atoms with Gasteiger partial charge in [-0.3, -0.25) is 0 Å². The summed E-state index contributed by atoms with van der Waals surface area (Å²) in [7, 11) is 1.60. The van der Waals surface area contributed by atoms with Crippen LogP contribution in [0.25, 0.3) is 39.1 Å². The second-order valence-electron chi connectivity index (χ2n) is 8.35. The molecule has 2 aromatic carbocycles. The number of imidazole rings is 1. The van der Waals surface area contributed by atoms with Gasteiger partial charge in [-0.25, -0.2) is 9.97 Å². The number of nitrogens with one attached hydrogen (secondary N) is 2. The number of aromatic amines is 1. The number of H-pyrrole nitrogens is 1. The van der Waals surface area contributed by atoms with Crippen LogP contribution in [0, 0.1) is 5.41 Å². The Morgan fingerprint density at radius 1 is 1.19 bits per heavy atom. The lowest BCUT2D eigenvalue weighted by Gasteiger charge is -2.08. The van der Waals surface area contributed by atoms with Gasteiger partial charge in [0.25, 0.3) is 0 Å². The molecule has 0 unspecified atom stereocenters. The number of rotatable bonds is 8. The predicted molar refractivity (Wildman–Crippen MR) is 141 cm³/mol. The van der Waals surface area contributed by atoms with Crippen LogP contribution >= 0.6 is 11.3 Å². The number of nitrogens with zero attached hydrogens (tertiary/aromatic N) is 2. The van der Waals surface area contributed by atoms with E-state index in [1.807, 2.05) is 41.8 Å². The Morgan fingerprint density at radius 3 is 2.95 bits per heavy atom. The van der Waals surface area contributed by atoms with Crippen LogP contribution < -0.4 is 18.9 Å². The van der Waals surface area contributed by atoms with E-state index in [0.29, 0.717) is 34.4 Å². The van der Waals surface area contributed by atoms with Crippen molar-refractivity contribution in [1.82, 2.24) is 15.0 Å². The number of aromatic nitrogens is 3. The monoisotopic (exact) mass is 514 g/mol. The van der Waals surface area contributed by atoms with Crippen LogP contribution in [-0.4, -0.2) is 34.6 Å². The number of allylic oxidation sites excluding steroid dienone is 1. The largest absolute Gasteiger partial charge is 0.496 e. The molecule has 0 aliphatic carbocycles. The van der Waals surface area contributed by atoms with Crippen molar-refractivity contribution >= 4 is 34.1 Å². The molecule has 0 fully saturated rings. The molecule has 4 heterocycles. The summed E-state index contributed by atoms with van der Waals surface area (Å²) in [5.74, 6) is 3.97. The fourth-order valence-electron chi connectivity index (χ4n) is 3.89. The molecule has 0 saturated heterocycles. The van der Waals surface area contributed by atoms with Crippen molar-refractivity contribution in [2.75, 3.05) is 13.9 Å². The third kappa shape index (κ3) is 4.66.